The molecule has 2 aromatic rings. The van der Waals surface area contributed by atoms with Crippen molar-refractivity contribution in [2.45, 2.75) is 26.5 Å². The van der Waals surface area contributed by atoms with Crippen molar-refractivity contribution in [1.82, 2.24) is 5.32 Å². The number of thioether (sulfide) groups is 1. The third-order valence-corrected chi connectivity index (χ3v) is 4.85. The van der Waals surface area contributed by atoms with E-state index in [1.165, 1.54) is 5.56 Å². The summed E-state index contributed by atoms with van der Waals surface area (Å²) < 4.78 is 17.0. The van der Waals surface area contributed by atoms with Crippen molar-refractivity contribution in [3.8, 4) is 17.2 Å². The van der Waals surface area contributed by atoms with Crippen LogP contribution in [0.2, 0.25) is 0 Å². The van der Waals surface area contributed by atoms with Crippen molar-refractivity contribution in [2.24, 2.45) is 0 Å². The van der Waals surface area contributed by atoms with E-state index in [-0.39, 0.29) is 5.91 Å². The van der Waals surface area contributed by atoms with Crippen LogP contribution >= 0.6 is 11.8 Å². The molecule has 0 aromatic heterocycles. The lowest BCUT2D eigenvalue weighted by atomic mass is 10.1. The number of ether oxygens (including phenoxy) is 3. The first-order valence-corrected chi connectivity index (χ1v) is 10.8. The Morgan fingerprint density at radius 1 is 0.929 bits per heavy atom. The van der Waals surface area contributed by atoms with E-state index in [1.54, 1.807) is 23.9 Å². The van der Waals surface area contributed by atoms with Gasteiger partial charge in [0, 0.05) is 23.6 Å². The lowest BCUT2D eigenvalue weighted by Crippen LogP contribution is -2.26. The smallest absolute Gasteiger partial charge is 0.251 e. The van der Waals surface area contributed by atoms with Gasteiger partial charge in [0.25, 0.3) is 5.91 Å². The molecule has 28 heavy (non-hydrogen) atoms. The Hall–Kier alpha value is -2.34. The van der Waals surface area contributed by atoms with E-state index < -0.39 is 0 Å². The monoisotopic (exact) mass is 403 g/mol. The highest BCUT2D eigenvalue weighted by molar-refractivity contribution is 7.98. The van der Waals surface area contributed by atoms with E-state index >= 15 is 0 Å². The van der Waals surface area contributed by atoms with Gasteiger partial charge in [0.2, 0.25) is 5.75 Å². The number of hydrogen-bond acceptors (Lipinski definition) is 5. The van der Waals surface area contributed by atoms with Crippen LogP contribution in [0.4, 0.5) is 0 Å². The standard InChI is InChI=1S/C22H29NO4S/c1-4-25-19-14-18(15-20(26-5-2)21(19)27-6-3)22(24)23-12-13-28-16-17-10-8-7-9-11-17/h7-11,14-15H,4-6,12-13,16H2,1-3H3,(H,23,24). The van der Waals surface area contributed by atoms with E-state index in [9.17, 15) is 4.79 Å². The molecule has 0 saturated carbocycles. The molecule has 0 spiro atoms. The number of nitrogens with one attached hydrogen (secondary N) is 1. The van der Waals surface area contributed by atoms with Crippen molar-refractivity contribution in [3.63, 3.8) is 0 Å². The maximum absolute atomic E-state index is 12.6. The number of rotatable bonds is 12. The second-order valence-corrected chi connectivity index (χ2v) is 7.00. The summed E-state index contributed by atoms with van der Waals surface area (Å²) in [6, 6.07) is 13.7. The van der Waals surface area contributed by atoms with E-state index in [2.05, 4.69) is 17.4 Å². The first-order chi connectivity index (χ1) is 13.7. The fraction of sp³-hybridized carbons (Fsp3) is 0.409. The van der Waals surface area contributed by atoms with Crippen LogP contribution in [0.5, 0.6) is 17.2 Å². The van der Waals surface area contributed by atoms with Crippen molar-refractivity contribution < 1.29 is 19.0 Å². The highest BCUT2D eigenvalue weighted by Gasteiger charge is 2.18. The quantitative estimate of drug-likeness (QED) is 0.527. The zero-order chi connectivity index (χ0) is 20.2. The molecule has 152 valence electrons. The average Bonchev–Trinajstić information content (AvgIpc) is 2.71. The van der Waals surface area contributed by atoms with Crippen molar-refractivity contribution in [3.05, 3.63) is 53.6 Å². The molecule has 1 N–H and O–H groups in total. The van der Waals surface area contributed by atoms with Gasteiger partial charge < -0.3 is 19.5 Å². The Balaban J connectivity index is 1.97. The molecule has 1 amide bonds. The number of carbonyl (C=O) groups is 1. The van der Waals surface area contributed by atoms with Crippen LogP contribution < -0.4 is 19.5 Å². The molecule has 0 saturated heterocycles. The predicted octanol–water partition coefficient (Wildman–Crippen LogP) is 4.55. The van der Waals surface area contributed by atoms with Gasteiger partial charge in [-0.1, -0.05) is 30.3 Å². The normalized spacial score (nSPS) is 10.4. The van der Waals surface area contributed by atoms with Crippen molar-refractivity contribution >= 4 is 17.7 Å². The Bertz CT molecular complexity index is 710. The van der Waals surface area contributed by atoms with Crippen LogP contribution in [-0.2, 0) is 5.75 Å². The first-order valence-electron chi connectivity index (χ1n) is 9.65. The maximum Gasteiger partial charge on any atom is 0.251 e. The topological polar surface area (TPSA) is 56.8 Å². The minimum absolute atomic E-state index is 0.148. The molecule has 0 radical (unpaired) electrons. The molecule has 0 unspecified atom stereocenters. The molecule has 0 heterocycles. The van der Waals surface area contributed by atoms with Crippen molar-refractivity contribution in [1.29, 1.82) is 0 Å². The molecular weight excluding hydrogens is 374 g/mol. The molecule has 0 aliphatic heterocycles. The van der Waals surface area contributed by atoms with Gasteiger partial charge in [0.1, 0.15) is 0 Å². The molecule has 2 rings (SSSR count). The fourth-order valence-electron chi connectivity index (χ4n) is 2.62. The molecule has 6 heteroatoms. The van der Waals surface area contributed by atoms with E-state index in [0.717, 1.165) is 11.5 Å². The lowest BCUT2D eigenvalue weighted by molar-refractivity contribution is 0.0955. The Kier molecular flexibility index (Phi) is 9.55. The highest BCUT2D eigenvalue weighted by atomic mass is 32.2. The van der Waals surface area contributed by atoms with E-state index in [4.69, 9.17) is 14.2 Å². The average molecular weight is 404 g/mol. The number of carbonyl (C=O) groups excluding carboxylic acids is 1. The molecule has 0 atom stereocenters. The second kappa shape index (κ2) is 12.2. The molecule has 0 fully saturated rings. The van der Waals surface area contributed by atoms with Gasteiger partial charge in [0.05, 0.1) is 19.8 Å². The lowest BCUT2D eigenvalue weighted by Gasteiger charge is -2.17. The van der Waals surface area contributed by atoms with Gasteiger partial charge in [-0.25, -0.2) is 0 Å². The van der Waals surface area contributed by atoms with Crippen LogP contribution in [0.1, 0.15) is 36.7 Å². The minimum atomic E-state index is -0.148. The SMILES string of the molecule is CCOc1cc(C(=O)NCCSCc2ccccc2)cc(OCC)c1OCC. The van der Waals surface area contributed by atoms with Gasteiger partial charge in [0.15, 0.2) is 11.5 Å². The number of hydrogen-bond donors (Lipinski definition) is 1. The predicted molar refractivity (Wildman–Crippen MR) is 115 cm³/mol. The third kappa shape index (κ3) is 6.68. The second-order valence-electron chi connectivity index (χ2n) is 5.89. The summed E-state index contributed by atoms with van der Waals surface area (Å²) in [7, 11) is 0. The number of benzene rings is 2. The third-order valence-electron chi connectivity index (χ3n) is 3.81. The van der Waals surface area contributed by atoms with Crippen LogP contribution in [0.3, 0.4) is 0 Å². The summed E-state index contributed by atoms with van der Waals surface area (Å²) in [6.45, 7) is 7.74. The largest absolute Gasteiger partial charge is 0.490 e. The van der Waals surface area contributed by atoms with Crippen molar-refractivity contribution in [2.75, 3.05) is 32.1 Å². The van der Waals surface area contributed by atoms with E-state index in [0.29, 0.717) is 49.2 Å². The summed E-state index contributed by atoms with van der Waals surface area (Å²) >= 11 is 1.79. The molecule has 5 nitrogen and oxygen atoms in total. The van der Waals surface area contributed by atoms with Gasteiger partial charge in [-0.15, -0.1) is 0 Å². The molecular formula is C22H29NO4S. The van der Waals surface area contributed by atoms with Gasteiger partial charge in [-0.3, -0.25) is 4.79 Å². The summed E-state index contributed by atoms with van der Waals surface area (Å²) in [6.07, 6.45) is 0. The molecule has 2 aromatic carbocycles. The molecule has 0 aliphatic carbocycles. The van der Waals surface area contributed by atoms with Crippen LogP contribution in [0.25, 0.3) is 0 Å². The Morgan fingerprint density at radius 2 is 1.54 bits per heavy atom. The van der Waals surface area contributed by atoms with Crippen LogP contribution in [0.15, 0.2) is 42.5 Å². The van der Waals surface area contributed by atoms with Gasteiger partial charge >= 0.3 is 0 Å². The van der Waals surface area contributed by atoms with Crippen LogP contribution in [0, 0.1) is 0 Å². The summed E-state index contributed by atoms with van der Waals surface area (Å²) in [5.74, 6) is 3.22. The molecule has 0 bridgehead atoms. The highest BCUT2D eigenvalue weighted by Crippen LogP contribution is 2.39. The molecule has 0 aliphatic rings. The minimum Gasteiger partial charge on any atom is -0.490 e. The summed E-state index contributed by atoms with van der Waals surface area (Å²) in [5, 5.41) is 2.96. The summed E-state index contributed by atoms with van der Waals surface area (Å²) in [4.78, 5) is 12.6. The van der Waals surface area contributed by atoms with Gasteiger partial charge in [-0.05, 0) is 38.5 Å². The van der Waals surface area contributed by atoms with Crippen LogP contribution in [-0.4, -0.2) is 38.0 Å². The zero-order valence-corrected chi connectivity index (χ0v) is 17.6. The van der Waals surface area contributed by atoms with Gasteiger partial charge in [-0.2, -0.15) is 11.8 Å². The Labute approximate surface area is 171 Å². The summed E-state index contributed by atoms with van der Waals surface area (Å²) in [5.41, 5.74) is 1.79. The first kappa shape index (κ1) is 22.0. The Morgan fingerprint density at radius 3 is 2.11 bits per heavy atom. The maximum atomic E-state index is 12.6. The number of amides is 1. The van der Waals surface area contributed by atoms with E-state index in [1.807, 2.05) is 39.0 Å². The fourth-order valence-corrected chi connectivity index (χ4v) is 3.44. The zero-order valence-electron chi connectivity index (χ0n) is 16.8.